The summed E-state index contributed by atoms with van der Waals surface area (Å²) in [5.41, 5.74) is 8.40. The molecule has 47 heavy (non-hydrogen) atoms. The van der Waals surface area contributed by atoms with Gasteiger partial charge in [-0.2, -0.15) is 0 Å². The molecule has 0 nitrogen and oxygen atoms in total. The maximum absolute atomic E-state index is 6.52. The van der Waals surface area contributed by atoms with Gasteiger partial charge in [0.15, 0.2) is 0 Å². The summed E-state index contributed by atoms with van der Waals surface area (Å²) in [6.07, 6.45) is 11.7. The van der Waals surface area contributed by atoms with Crippen molar-refractivity contribution in [3.05, 3.63) is 159 Å². The largest absolute Gasteiger partial charge is 0.0898 e. The first-order valence-electron chi connectivity index (χ1n) is 16.3. The molecule has 0 spiro atoms. The predicted molar refractivity (Wildman–Crippen MR) is 211 cm³/mol. The van der Waals surface area contributed by atoms with Crippen molar-refractivity contribution in [2.45, 2.75) is 62.2 Å². The lowest BCUT2D eigenvalue weighted by atomic mass is 9.94. The topological polar surface area (TPSA) is 0 Å². The minimum atomic E-state index is -0.962. The third-order valence-corrected chi connectivity index (χ3v) is 14.0. The van der Waals surface area contributed by atoms with Crippen molar-refractivity contribution in [2.75, 3.05) is 0 Å². The fraction of sp³-hybridized carbons (Fsp3) is 0.190. The number of benzene rings is 5. The van der Waals surface area contributed by atoms with Crippen molar-refractivity contribution in [3.63, 3.8) is 0 Å². The first-order valence-corrected chi connectivity index (χ1v) is 20.1. The fourth-order valence-corrected chi connectivity index (χ4v) is 11.7. The van der Waals surface area contributed by atoms with Crippen molar-refractivity contribution in [3.8, 4) is 0 Å². The highest BCUT2D eigenvalue weighted by atomic mass is 35.5. The van der Waals surface area contributed by atoms with E-state index in [-0.39, 0.29) is 0 Å². The molecule has 0 heterocycles. The second-order valence-electron chi connectivity index (χ2n) is 12.3. The van der Waals surface area contributed by atoms with Crippen molar-refractivity contribution in [1.82, 2.24) is 0 Å². The van der Waals surface area contributed by atoms with Crippen LogP contribution in [0.5, 0.6) is 0 Å². The molecule has 0 N–H and O–H groups in total. The van der Waals surface area contributed by atoms with Crippen LogP contribution in [0.4, 0.5) is 0 Å². The molecule has 0 amide bonds. The van der Waals surface area contributed by atoms with Gasteiger partial charge in [0.1, 0.15) is 0 Å². The molecular formula is C42H37Cl2PS2. The van der Waals surface area contributed by atoms with Crippen molar-refractivity contribution < 1.29 is 0 Å². The van der Waals surface area contributed by atoms with Gasteiger partial charge < -0.3 is 0 Å². The van der Waals surface area contributed by atoms with Crippen LogP contribution in [-0.4, -0.2) is 0 Å². The molecule has 0 aromatic heterocycles. The Morgan fingerprint density at radius 3 is 1.34 bits per heavy atom. The molecular weight excluding hydrogens is 670 g/mol. The summed E-state index contributed by atoms with van der Waals surface area (Å²) in [6, 6.07) is 37.8. The third-order valence-electron chi connectivity index (χ3n) is 8.81. The summed E-state index contributed by atoms with van der Waals surface area (Å²) >= 11 is 16.9. The summed E-state index contributed by atoms with van der Waals surface area (Å²) in [6.45, 7) is 4.32. The molecule has 0 saturated carbocycles. The summed E-state index contributed by atoms with van der Waals surface area (Å²) < 4.78 is 0. The lowest BCUT2D eigenvalue weighted by molar-refractivity contribution is 0.834. The molecule has 0 atom stereocenters. The first-order chi connectivity index (χ1) is 22.9. The van der Waals surface area contributed by atoms with Gasteiger partial charge in [0, 0.05) is 46.1 Å². The smallest absolute Gasteiger partial charge is 0.0406 e. The van der Waals surface area contributed by atoms with Gasteiger partial charge in [-0.25, -0.2) is 0 Å². The molecule has 5 aromatic rings. The minimum Gasteiger partial charge on any atom is -0.0898 e. The summed E-state index contributed by atoms with van der Waals surface area (Å²) in [5.74, 6) is 0. The molecule has 0 fully saturated rings. The summed E-state index contributed by atoms with van der Waals surface area (Å²) in [4.78, 5) is 5.31. The Hall–Kier alpha value is -2.71. The molecule has 0 saturated heterocycles. The van der Waals surface area contributed by atoms with Crippen LogP contribution in [-0.2, 0) is 12.8 Å². The Morgan fingerprint density at radius 2 is 0.936 bits per heavy atom. The van der Waals surface area contributed by atoms with E-state index < -0.39 is 7.92 Å². The summed E-state index contributed by atoms with van der Waals surface area (Å²) in [7, 11) is -0.962. The Bertz CT molecular complexity index is 1800. The van der Waals surface area contributed by atoms with Crippen LogP contribution in [0.3, 0.4) is 0 Å². The third kappa shape index (κ3) is 7.49. The van der Waals surface area contributed by atoms with E-state index in [9.17, 15) is 0 Å². The van der Waals surface area contributed by atoms with Crippen LogP contribution in [0.25, 0.3) is 9.81 Å². The Labute approximate surface area is 299 Å². The van der Waals surface area contributed by atoms with Gasteiger partial charge in [-0.1, -0.05) is 125 Å². The van der Waals surface area contributed by atoms with Crippen molar-refractivity contribution >= 4 is 80.4 Å². The highest BCUT2D eigenvalue weighted by molar-refractivity contribution is 8.08. The molecule has 0 aliphatic heterocycles. The van der Waals surface area contributed by atoms with E-state index in [0.717, 1.165) is 48.6 Å². The Kier molecular flexibility index (Phi) is 10.3. The number of allylic oxidation sites excluding steroid dienone is 2. The van der Waals surface area contributed by atoms with E-state index in [1.165, 1.54) is 68.9 Å². The van der Waals surface area contributed by atoms with Crippen molar-refractivity contribution in [2.24, 2.45) is 0 Å². The van der Waals surface area contributed by atoms with E-state index >= 15 is 0 Å². The molecule has 7 rings (SSSR count). The van der Waals surface area contributed by atoms with Crippen LogP contribution >= 0.6 is 54.6 Å². The molecule has 5 aromatic carbocycles. The quantitative estimate of drug-likeness (QED) is 0.155. The van der Waals surface area contributed by atoms with Gasteiger partial charge >= 0.3 is 0 Å². The average Bonchev–Trinajstić information content (AvgIpc) is 3.40. The normalized spacial score (nSPS) is 14.5. The Morgan fingerprint density at radius 1 is 0.532 bits per heavy atom. The van der Waals surface area contributed by atoms with Crippen LogP contribution in [0.1, 0.15) is 59.1 Å². The SMILES string of the molecule is Cc1ccc(SC2=CCCCc3cc4c(c(P(c5ccc(Cl)cc5)c5ccc(Cl)cc5)c32)C(Sc2ccc(C)cc2)=CCCC4)cc1. The predicted octanol–water partition coefficient (Wildman–Crippen LogP) is 12.3. The highest BCUT2D eigenvalue weighted by Gasteiger charge is 2.32. The molecule has 236 valence electrons. The second kappa shape index (κ2) is 14.8. The minimum absolute atomic E-state index is 0.761. The number of rotatable bonds is 7. The molecule has 0 bridgehead atoms. The number of aryl methyl sites for hydroxylation is 4. The zero-order valence-electron chi connectivity index (χ0n) is 26.7. The van der Waals surface area contributed by atoms with Crippen LogP contribution < -0.4 is 15.9 Å². The van der Waals surface area contributed by atoms with Crippen molar-refractivity contribution in [1.29, 1.82) is 0 Å². The molecule has 2 aliphatic rings. The van der Waals surface area contributed by atoms with Crippen LogP contribution in [0.2, 0.25) is 10.0 Å². The molecule has 0 unspecified atom stereocenters. The first kappa shape index (κ1) is 32.8. The number of fused-ring (bicyclic) bond motifs is 2. The zero-order chi connectivity index (χ0) is 32.3. The maximum atomic E-state index is 6.52. The van der Waals surface area contributed by atoms with Crippen LogP contribution in [0, 0.1) is 13.8 Å². The van der Waals surface area contributed by atoms with E-state index in [4.69, 9.17) is 23.2 Å². The van der Waals surface area contributed by atoms with Gasteiger partial charge in [-0.3, -0.25) is 0 Å². The van der Waals surface area contributed by atoms with E-state index in [1.807, 2.05) is 23.5 Å². The monoisotopic (exact) mass is 706 g/mol. The van der Waals surface area contributed by atoms with Gasteiger partial charge in [-0.15, -0.1) is 0 Å². The van der Waals surface area contributed by atoms with E-state index in [0.29, 0.717) is 0 Å². The fourth-order valence-electron chi connectivity index (χ4n) is 6.45. The molecule has 0 radical (unpaired) electrons. The molecule has 5 heteroatoms. The average molecular weight is 708 g/mol. The number of hydrogen-bond donors (Lipinski definition) is 0. The van der Waals surface area contributed by atoms with Gasteiger partial charge in [0.05, 0.1) is 0 Å². The number of thioether (sulfide) groups is 2. The van der Waals surface area contributed by atoms with E-state index in [2.05, 4.69) is 129 Å². The lowest BCUT2D eigenvalue weighted by Crippen LogP contribution is -2.28. The second-order valence-corrected chi connectivity index (χ2v) is 17.6. The lowest BCUT2D eigenvalue weighted by Gasteiger charge is -2.30. The standard InChI is InChI=1S/C42H37Cl2PS2/c1-28-11-23-36(24-12-28)46-38-9-5-3-7-30-27-31-8-4-6-10-39(47-37-25-13-29(2)14-26-37)41(31)42(40(30)38)45(34-19-15-32(43)16-20-34)35-21-17-33(44)18-22-35/h9-27H,3-8H2,1-2H3. The summed E-state index contributed by atoms with van der Waals surface area (Å²) in [5, 5.41) is 5.59. The maximum Gasteiger partial charge on any atom is 0.0406 e. The Balaban J connectivity index is 1.53. The van der Waals surface area contributed by atoms with Crippen LogP contribution in [0.15, 0.2) is 125 Å². The highest BCUT2D eigenvalue weighted by Crippen LogP contribution is 2.49. The van der Waals surface area contributed by atoms with Gasteiger partial charge in [0.2, 0.25) is 0 Å². The molecule has 2 aliphatic carbocycles. The van der Waals surface area contributed by atoms with E-state index in [1.54, 1.807) is 0 Å². The number of halogens is 2. The number of hydrogen-bond acceptors (Lipinski definition) is 2. The van der Waals surface area contributed by atoms with Gasteiger partial charge in [0.25, 0.3) is 0 Å². The van der Waals surface area contributed by atoms with Gasteiger partial charge in [-0.05, 0) is 131 Å². The zero-order valence-corrected chi connectivity index (χ0v) is 30.8.